The average Bonchev–Trinajstić information content (AvgIpc) is 2.77. The Morgan fingerprint density at radius 1 is 1.06 bits per heavy atom. The van der Waals surface area contributed by atoms with Gasteiger partial charge >= 0.3 is 5.97 Å². The Morgan fingerprint density at radius 3 is 2.38 bits per heavy atom. The van der Waals surface area contributed by atoms with Crippen molar-refractivity contribution >= 4 is 23.6 Å². The fraction of sp³-hybridized carbons (Fsp3) is 0.360. The molecule has 0 aliphatic heterocycles. The van der Waals surface area contributed by atoms with Crippen molar-refractivity contribution in [2.24, 2.45) is 0 Å². The molecular formula is C25H30N2O7. The van der Waals surface area contributed by atoms with Crippen molar-refractivity contribution in [3.8, 4) is 11.5 Å². The van der Waals surface area contributed by atoms with Crippen LogP contribution in [0.25, 0.3) is 6.08 Å². The minimum Gasteiger partial charge on any atom is -0.493 e. The molecule has 2 aromatic carbocycles. The van der Waals surface area contributed by atoms with Gasteiger partial charge in [-0.2, -0.15) is 0 Å². The Hall–Kier alpha value is -3.88. The first-order valence-electron chi connectivity index (χ1n) is 10.9. The van der Waals surface area contributed by atoms with Gasteiger partial charge in [-0.1, -0.05) is 24.3 Å². The lowest BCUT2D eigenvalue weighted by atomic mass is 10.0. The van der Waals surface area contributed by atoms with Crippen molar-refractivity contribution in [3.05, 3.63) is 69.8 Å². The molecule has 2 aromatic rings. The Morgan fingerprint density at radius 2 is 1.76 bits per heavy atom. The van der Waals surface area contributed by atoms with Gasteiger partial charge in [-0.05, 0) is 51.5 Å². The van der Waals surface area contributed by atoms with Gasteiger partial charge in [0, 0.05) is 12.1 Å². The van der Waals surface area contributed by atoms with Crippen molar-refractivity contribution in [3.63, 3.8) is 0 Å². The van der Waals surface area contributed by atoms with Crippen LogP contribution in [-0.2, 0) is 14.3 Å². The topological polar surface area (TPSA) is 117 Å². The SMILES string of the molecule is COc1cc(/C=C/C(=O)NC(CC(=O)OC(C)C)c2ccccc2[N+](=O)[O-])ccc1OC(C)C. The van der Waals surface area contributed by atoms with E-state index in [1.807, 2.05) is 13.8 Å². The van der Waals surface area contributed by atoms with Crippen LogP contribution in [0, 0.1) is 10.1 Å². The standard InChI is InChI=1S/C25H30N2O7/c1-16(2)33-22-12-10-18(14-23(22)32-5)11-13-24(28)26-20(15-25(29)34-17(3)4)19-8-6-7-9-21(19)27(30)31/h6-14,16-17,20H,15H2,1-5H3,(H,26,28)/b13-11+. The normalized spacial score (nSPS) is 12.0. The largest absolute Gasteiger partial charge is 0.493 e. The lowest BCUT2D eigenvalue weighted by molar-refractivity contribution is -0.385. The molecule has 0 heterocycles. The number of nitrogens with zero attached hydrogens (tertiary/aromatic N) is 1. The Bertz CT molecular complexity index is 1050. The van der Waals surface area contributed by atoms with Gasteiger partial charge in [0.25, 0.3) is 5.69 Å². The molecule has 0 radical (unpaired) electrons. The summed E-state index contributed by atoms with van der Waals surface area (Å²) in [5.41, 5.74) is 0.705. The van der Waals surface area contributed by atoms with E-state index < -0.39 is 22.8 Å². The third-order valence-electron chi connectivity index (χ3n) is 4.54. The average molecular weight is 471 g/mol. The number of hydrogen-bond acceptors (Lipinski definition) is 7. The van der Waals surface area contributed by atoms with Gasteiger partial charge in [0.2, 0.25) is 5.91 Å². The van der Waals surface area contributed by atoms with Crippen LogP contribution in [0.3, 0.4) is 0 Å². The van der Waals surface area contributed by atoms with E-state index >= 15 is 0 Å². The third-order valence-corrected chi connectivity index (χ3v) is 4.54. The molecule has 0 saturated heterocycles. The van der Waals surface area contributed by atoms with E-state index in [9.17, 15) is 19.7 Å². The van der Waals surface area contributed by atoms with Gasteiger partial charge in [-0.25, -0.2) is 0 Å². The van der Waals surface area contributed by atoms with E-state index in [1.54, 1.807) is 44.2 Å². The van der Waals surface area contributed by atoms with Crippen LogP contribution in [0.2, 0.25) is 0 Å². The summed E-state index contributed by atoms with van der Waals surface area (Å²) in [5, 5.41) is 14.2. The van der Waals surface area contributed by atoms with Gasteiger partial charge in [-0.15, -0.1) is 0 Å². The molecule has 9 nitrogen and oxygen atoms in total. The number of carbonyl (C=O) groups excluding carboxylic acids is 2. The van der Waals surface area contributed by atoms with E-state index in [1.165, 1.54) is 31.4 Å². The maximum Gasteiger partial charge on any atom is 0.308 e. The highest BCUT2D eigenvalue weighted by Gasteiger charge is 2.26. The second-order valence-corrected chi connectivity index (χ2v) is 8.03. The van der Waals surface area contributed by atoms with Gasteiger partial charge in [-0.3, -0.25) is 19.7 Å². The van der Waals surface area contributed by atoms with Crippen LogP contribution < -0.4 is 14.8 Å². The molecule has 1 N–H and O–H groups in total. The van der Waals surface area contributed by atoms with Crippen LogP contribution in [0.5, 0.6) is 11.5 Å². The summed E-state index contributed by atoms with van der Waals surface area (Å²) in [6.45, 7) is 7.21. The summed E-state index contributed by atoms with van der Waals surface area (Å²) in [4.78, 5) is 35.9. The van der Waals surface area contributed by atoms with E-state index in [4.69, 9.17) is 14.2 Å². The molecular weight excluding hydrogens is 440 g/mol. The van der Waals surface area contributed by atoms with Crippen LogP contribution in [0.15, 0.2) is 48.5 Å². The number of benzene rings is 2. The molecule has 0 saturated carbocycles. The number of rotatable bonds is 11. The summed E-state index contributed by atoms with van der Waals surface area (Å²) in [6, 6.07) is 10.3. The molecule has 1 unspecified atom stereocenters. The molecule has 34 heavy (non-hydrogen) atoms. The van der Waals surface area contributed by atoms with Crippen LogP contribution >= 0.6 is 0 Å². The van der Waals surface area contributed by atoms with Crippen molar-refractivity contribution in [1.82, 2.24) is 5.32 Å². The quantitative estimate of drug-likeness (QED) is 0.221. The monoisotopic (exact) mass is 470 g/mol. The lowest BCUT2D eigenvalue weighted by Crippen LogP contribution is -2.30. The van der Waals surface area contributed by atoms with E-state index in [2.05, 4.69) is 5.32 Å². The molecule has 0 aliphatic carbocycles. The zero-order valence-electron chi connectivity index (χ0n) is 19.9. The number of methoxy groups -OCH3 is 1. The van der Waals surface area contributed by atoms with Gasteiger partial charge in [0.15, 0.2) is 11.5 Å². The number of nitrogens with one attached hydrogen (secondary N) is 1. The first-order valence-corrected chi connectivity index (χ1v) is 10.9. The van der Waals surface area contributed by atoms with Gasteiger partial charge in [0.05, 0.1) is 42.3 Å². The molecule has 0 aliphatic rings. The predicted octanol–water partition coefficient (Wildman–Crippen LogP) is 4.60. The molecule has 0 aromatic heterocycles. The van der Waals surface area contributed by atoms with E-state index in [0.29, 0.717) is 17.1 Å². The summed E-state index contributed by atoms with van der Waals surface area (Å²) in [7, 11) is 1.52. The van der Waals surface area contributed by atoms with Crippen LogP contribution in [0.1, 0.15) is 51.3 Å². The maximum absolute atomic E-state index is 12.7. The van der Waals surface area contributed by atoms with Crippen molar-refractivity contribution in [1.29, 1.82) is 0 Å². The minimum absolute atomic E-state index is 0.0255. The Balaban J connectivity index is 2.24. The lowest BCUT2D eigenvalue weighted by Gasteiger charge is -2.18. The number of amides is 1. The summed E-state index contributed by atoms with van der Waals surface area (Å²) >= 11 is 0. The number of carbonyl (C=O) groups is 2. The number of nitro groups is 1. The molecule has 1 amide bonds. The first kappa shape index (κ1) is 26.4. The smallest absolute Gasteiger partial charge is 0.308 e. The number of ether oxygens (including phenoxy) is 3. The Labute approximate surface area is 198 Å². The third kappa shape index (κ3) is 7.91. The van der Waals surface area contributed by atoms with Crippen LogP contribution in [0.4, 0.5) is 5.69 Å². The first-order chi connectivity index (χ1) is 16.1. The molecule has 0 fully saturated rings. The molecule has 9 heteroatoms. The van der Waals surface area contributed by atoms with Crippen molar-refractivity contribution in [2.75, 3.05) is 7.11 Å². The fourth-order valence-electron chi connectivity index (χ4n) is 3.20. The molecule has 1 atom stereocenters. The zero-order valence-corrected chi connectivity index (χ0v) is 19.9. The molecule has 2 rings (SSSR count). The van der Waals surface area contributed by atoms with E-state index in [0.717, 1.165) is 0 Å². The number of hydrogen-bond donors (Lipinski definition) is 1. The fourth-order valence-corrected chi connectivity index (χ4v) is 3.20. The Kier molecular flexibility index (Phi) is 9.61. The van der Waals surface area contributed by atoms with Crippen LogP contribution in [-0.4, -0.2) is 36.1 Å². The highest BCUT2D eigenvalue weighted by molar-refractivity contribution is 5.92. The molecule has 0 spiro atoms. The van der Waals surface area contributed by atoms with Gasteiger partial charge < -0.3 is 19.5 Å². The maximum atomic E-state index is 12.7. The number of nitro benzene ring substituents is 1. The predicted molar refractivity (Wildman–Crippen MR) is 128 cm³/mol. The summed E-state index contributed by atoms with van der Waals surface area (Å²) in [5.74, 6) is -0.000395. The van der Waals surface area contributed by atoms with Gasteiger partial charge in [0.1, 0.15) is 0 Å². The second kappa shape index (κ2) is 12.4. The highest BCUT2D eigenvalue weighted by Crippen LogP contribution is 2.30. The summed E-state index contributed by atoms with van der Waals surface area (Å²) < 4.78 is 16.2. The summed E-state index contributed by atoms with van der Waals surface area (Å²) in [6.07, 6.45) is 2.22. The molecule has 182 valence electrons. The highest BCUT2D eigenvalue weighted by atomic mass is 16.6. The number of esters is 1. The molecule has 0 bridgehead atoms. The number of para-hydroxylation sites is 1. The minimum atomic E-state index is -0.943. The van der Waals surface area contributed by atoms with Crippen molar-refractivity contribution in [2.45, 2.75) is 52.4 Å². The zero-order chi connectivity index (χ0) is 25.3. The van der Waals surface area contributed by atoms with E-state index in [-0.39, 0.29) is 29.9 Å². The second-order valence-electron chi connectivity index (χ2n) is 8.03. The van der Waals surface area contributed by atoms with Crippen molar-refractivity contribution < 1.29 is 28.7 Å².